The number of hydrogen-bond donors (Lipinski definition) is 1. The Morgan fingerprint density at radius 2 is 1.85 bits per heavy atom. The first-order valence-corrected chi connectivity index (χ1v) is 9.58. The van der Waals surface area contributed by atoms with Gasteiger partial charge in [0.05, 0.1) is 18.8 Å². The maximum atomic E-state index is 11.6. The molecule has 2 bridgehead atoms. The fourth-order valence-corrected chi connectivity index (χ4v) is 4.67. The van der Waals surface area contributed by atoms with E-state index in [9.17, 15) is 5.11 Å². The molecule has 0 spiro atoms. The Hall–Kier alpha value is -2.21. The molecule has 2 saturated heterocycles. The SMILES string of the molecule is Cc1nc2cc(C3(O)CC4COCC(C3)N4Cc3ccccc3)ccc2o1. The molecule has 0 saturated carbocycles. The first-order valence-electron chi connectivity index (χ1n) is 9.58. The Morgan fingerprint density at radius 1 is 1.11 bits per heavy atom. The lowest BCUT2D eigenvalue weighted by atomic mass is 9.76. The van der Waals surface area contributed by atoms with Crippen LogP contribution >= 0.6 is 0 Å². The molecule has 2 fully saturated rings. The molecule has 2 aromatic carbocycles. The summed E-state index contributed by atoms with van der Waals surface area (Å²) in [6.07, 6.45) is 1.33. The summed E-state index contributed by atoms with van der Waals surface area (Å²) in [5.74, 6) is 0.650. The highest BCUT2D eigenvalue weighted by Gasteiger charge is 2.47. The zero-order chi connectivity index (χ0) is 18.4. The van der Waals surface area contributed by atoms with Gasteiger partial charge in [0, 0.05) is 25.6 Å². The van der Waals surface area contributed by atoms with Gasteiger partial charge >= 0.3 is 0 Å². The number of benzene rings is 2. The molecule has 2 unspecified atom stereocenters. The lowest BCUT2D eigenvalue weighted by molar-refractivity contribution is -0.149. The van der Waals surface area contributed by atoms with Gasteiger partial charge in [0.25, 0.3) is 0 Å². The van der Waals surface area contributed by atoms with Gasteiger partial charge < -0.3 is 14.3 Å². The van der Waals surface area contributed by atoms with Crippen LogP contribution < -0.4 is 0 Å². The third kappa shape index (κ3) is 3.06. The van der Waals surface area contributed by atoms with Gasteiger partial charge in [-0.3, -0.25) is 4.90 Å². The van der Waals surface area contributed by atoms with Gasteiger partial charge in [-0.15, -0.1) is 0 Å². The van der Waals surface area contributed by atoms with Crippen LogP contribution in [-0.4, -0.2) is 40.3 Å². The summed E-state index contributed by atoms with van der Waals surface area (Å²) in [5.41, 5.74) is 2.96. The molecule has 140 valence electrons. The molecule has 0 radical (unpaired) electrons. The molecule has 3 aromatic rings. The fraction of sp³-hybridized carbons (Fsp3) is 0.409. The van der Waals surface area contributed by atoms with Gasteiger partial charge in [-0.25, -0.2) is 4.98 Å². The number of aryl methyl sites for hydroxylation is 1. The normalized spacial score (nSPS) is 28.5. The highest BCUT2D eigenvalue weighted by Crippen LogP contribution is 2.42. The minimum atomic E-state index is -0.854. The molecule has 3 heterocycles. The lowest BCUT2D eigenvalue weighted by Crippen LogP contribution is -2.60. The standard InChI is InChI=1S/C22H24N2O3/c1-15-23-20-9-17(7-8-21(20)27-15)22(25)10-18-13-26-14-19(11-22)24(18)12-16-5-3-2-4-6-16/h2-9,18-19,25H,10-14H2,1H3. The van der Waals surface area contributed by atoms with E-state index < -0.39 is 5.60 Å². The summed E-state index contributed by atoms with van der Waals surface area (Å²) < 4.78 is 11.4. The summed E-state index contributed by atoms with van der Waals surface area (Å²) in [4.78, 5) is 6.94. The quantitative estimate of drug-likeness (QED) is 0.772. The zero-order valence-electron chi connectivity index (χ0n) is 15.5. The smallest absolute Gasteiger partial charge is 0.192 e. The van der Waals surface area contributed by atoms with E-state index in [4.69, 9.17) is 9.15 Å². The van der Waals surface area contributed by atoms with Gasteiger partial charge in [0.15, 0.2) is 11.5 Å². The summed E-state index contributed by atoms with van der Waals surface area (Å²) in [5, 5.41) is 11.6. The number of aromatic nitrogens is 1. The van der Waals surface area contributed by atoms with Crippen molar-refractivity contribution in [1.82, 2.24) is 9.88 Å². The molecule has 2 atom stereocenters. The first-order chi connectivity index (χ1) is 13.1. The van der Waals surface area contributed by atoms with E-state index in [2.05, 4.69) is 34.1 Å². The van der Waals surface area contributed by atoms with Crippen LogP contribution in [0.3, 0.4) is 0 Å². The number of piperidine rings is 1. The molecule has 5 heteroatoms. The number of morpholine rings is 1. The summed E-state index contributed by atoms with van der Waals surface area (Å²) in [6.45, 7) is 4.07. The van der Waals surface area contributed by atoms with Crippen molar-refractivity contribution in [2.75, 3.05) is 13.2 Å². The van der Waals surface area contributed by atoms with Crippen LogP contribution in [0, 0.1) is 6.92 Å². The monoisotopic (exact) mass is 364 g/mol. The van der Waals surface area contributed by atoms with Crippen molar-refractivity contribution in [1.29, 1.82) is 0 Å². The Morgan fingerprint density at radius 3 is 2.59 bits per heavy atom. The number of rotatable bonds is 3. The fourth-order valence-electron chi connectivity index (χ4n) is 4.67. The molecule has 0 aliphatic carbocycles. The predicted octanol–water partition coefficient (Wildman–Crippen LogP) is 3.39. The van der Waals surface area contributed by atoms with Gasteiger partial charge in [-0.1, -0.05) is 36.4 Å². The molecule has 1 N–H and O–H groups in total. The van der Waals surface area contributed by atoms with E-state index in [1.54, 1.807) is 0 Å². The third-order valence-corrected chi connectivity index (χ3v) is 5.94. The van der Waals surface area contributed by atoms with E-state index in [1.807, 2.05) is 31.2 Å². The van der Waals surface area contributed by atoms with Crippen molar-refractivity contribution in [3.63, 3.8) is 0 Å². The number of hydrogen-bond acceptors (Lipinski definition) is 5. The molecule has 27 heavy (non-hydrogen) atoms. The second-order valence-corrected chi connectivity index (χ2v) is 7.86. The average Bonchev–Trinajstić information content (AvgIpc) is 3.03. The number of aliphatic hydroxyl groups is 1. The summed E-state index contributed by atoms with van der Waals surface area (Å²) in [7, 11) is 0. The van der Waals surface area contributed by atoms with E-state index in [0.717, 1.165) is 23.2 Å². The minimum Gasteiger partial charge on any atom is -0.441 e. The van der Waals surface area contributed by atoms with Crippen molar-refractivity contribution in [3.8, 4) is 0 Å². The second kappa shape index (κ2) is 6.44. The number of ether oxygens (including phenoxy) is 1. The van der Waals surface area contributed by atoms with Crippen LogP contribution in [0.1, 0.15) is 29.9 Å². The highest BCUT2D eigenvalue weighted by molar-refractivity contribution is 5.73. The van der Waals surface area contributed by atoms with Gasteiger partial charge in [0.1, 0.15) is 5.52 Å². The maximum absolute atomic E-state index is 11.6. The Kier molecular flexibility index (Phi) is 4.04. The van der Waals surface area contributed by atoms with Crippen LogP contribution in [-0.2, 0) is 16.9 Å². The molecular weight excluding hydrogens is 340 g/mol. The second-order valence-electron chi connectivity index (χ2n) is 7.86. The van der Waals surface area contributed by atoms with Crippen molar-refractivity contribution < 1.29 is 14.3 Å². The van der Waals surface area contributed by atoms with Crippen LogP contribution in [0.15, 0.2) is 52.9 Å². The lowest BCUT2D eigenvalue weighted by Gasteiger charge is -2.52. The van der Waals surface area contributed by atoms with Gasteiger partial charge in [-0.05, 0) is 36.1 Å². The molecular formula is C22H24N2O3. The maximum Gasteiger partial charge on any atom is 0.192 e. The molecule has 2 aliphatic heterocycles. The van der Waals surface area contributed by atoms with Crippen LogP contribution in [0.2, 0.25) is 0 Å². The number of fused-ring (bicyclic) bond motifs is 3. The Bertz CT molecular complexity index is 939. The zero-order valence-corrected chi connectivity index (χ0v) is 15.5. The van der Waals surface area contributed by atoms with Crippen molar-refractivity contribution in [2.45, 2.75) is 44.0 Å². The predicted molar refractivity (Wildman–Crippen MR) is 102 cm³/mol. The molecule has 0 amide bonds. The molecule has 2 aliphatic rings. The Balaban J connectivity index is 1.43. The molecule has 5 rings (SSSR count). The largest absolute Gasteiger partial charge is 0.441 e. The number of nitrogens with zero attached hydrogens (tertiary/aromatic N) is 2. The number of oxazole rings is 1. The van der Waals surface area contributed by atoms with Crippen molar-refractivity contribution in [3.05, 3.63) is 65.5 Å². The summed E-state index contributed by atoms with van der Waals surface area (Å²) in [6, 6.07) is 16.8. The van der Waals surface area contributed by atoms with Crippen LogP contribution in [0.4, 0.5) is 0 Å². The van der Waals surface area contributed by atoms with E-state index in [-0.39, 0.29) is 12.1 Å². The van der Waals surface area contributed by atoms with E-state index in [0.29, 0.717) is 31.9 Å². The topological polar surface area (TPSA) is 58.7 Å². The van der Waals surface area contributed by atoms with Crippen LogP contribution in [0.5, 0.6) is 0 Å². The highest BCUT2D eigenvalue weighted by atomic mass is 16.5. The molecule has 1 aromatic heterocycles. The van der Waals surface area contributed by atoms with E-state index in [1.165, 1.54) is 5.56 Å². The van der Waals surface area contributed by atoms with E-state index >= 15 is 0 Å². The van der Waals surface area contributed by atoms with Crippen molar-refractivity contribution in [2.24, 2.45) is 0 Å². The average molecular weight is 364 g/mol. The third-order valence-electron chi connectivity index (χ3n) is 5.94. The van der Waals surface area contributed by atoms with Crippen molar-refractivity contribution >= 4 is 11.1 Å². The molecule has 5 nitrogen and oxygen atoms in total. The Labute approximate surface area is 158 Å². The van der Waals surface area contributed by atoms with Gasteiger partial charge in [0.2, 0.25) is 0 Å². The minimum absolute atomic E-state index is 0.206. The van der Waals surface area contributed by atoms with Gasteiger partial charge in [-0.2, -0.15) is 0 Å². The summed E-state index contributed by atoms with van der Waals surface area (Å²) >= 11 is 0. The van der Waals surface area contributed by atoms with Crippen LogP contribution in [0.25, 0.3) is 11.1 Å². The first kappa shape index (κ1) is 16.9.